The zero-order chi connectivity index (χ0) is 16.8. The Morgan fingerprint density at radius 1 is 1.09 bits per heavy atom. The minimum Gasteiger partial charge on any atom is -0.545 e. The predicted octanol–water partition coefficient (Wildman–Crippen LogP) is 2.02. The van der Waals surface area contributed by atoms with Gasteiger partial charge in [-0.25, -0.2) is 0 Å². The van der Waals surface area contributed by atoms with Crippen molar-refractivity contribution in [1.29, 1.82) is 0 Å². The third-order valence-electron chi connectivity index (χ3n) is 3.30. The van der Waals surface area contributed by atoms with Gasteiger partial charge in [0.25, 0.3) is 0 Å². The molecule has 2 aromatic rings. The number of benzene rings is 2. The maximum absolute atomic E-state index is 10.7. The molecule has 0 atom stereocenters. The van der Waals surface area contributed by atoms with Crippen molar-refractivity contribution in [2.45, 2.75) is 20.0 Å². The fourth-order valence-electron chi connectivity index (χ4n) is 2.19. The summed E-state index contributed by atoms with van der Waals surface area (Å²) in [5.41, 5.74) is 2.20. The van der Waals surface area contributed by atoms with Crippen LogP contribution in [0.25, 0.3) is 0 Å². The van der Waals surface area contributed by atoms with Gasteiger partial charge in [-0.1, -0.05) is 47.5 Å². The fraction of sp³-hybridized carbons (Fsp3) is 0.235. The van der Waals surface area contributed by atoms with Gasteiger partial charge in [0.05, 0.1) is 22.6 Å². The molecule has 0 amide bonds. The number of nitrogens with two attached hydrogens (primary N) is 1. The number of ether oxygens (including phenoxy) is 1. The van der Waals surface area contributed by atoms with Crippen LogP contribution in [-0.2, 0) is 13.1 Å². The number of halogens is 2. The van der Waals surface area contributed by atoms with E-state index in [2.05, 4.69) is 5.32 Å². The summed E-state index contributed by atoms with van der Waals surface area (Å²) in [6, 6.07) is 10.3. The zero-order valence-electron chi connectivity index (χ0n) is 12.6. The number of rotatable bonds is 7. The first-order valence-electron chi connectivity index (χ1n) is 7.24. The van der Waals surface area contributed by atoms with E-state index in [9.17, 15) is 9.90 Å². The summed E-state index contributed by atoms with van der Waals surface area (Å²) >= 11 is 12.3. The normalized spacial score (nSPS) is 10.6. The SMILES string of the molecule is CCOc1c(Cl)cc(C[NH2+]Cc2ccc(C(=O)[O-])cc2)cc1Cl. The van der Waals surface area contributed by atoms with Gasteiger partial charge < -0.3 is 20.0 Å². The van der Waals surface area contributed by atoms with Crippen molar-refractivity contribution >= 4 is 29.2 Å². The first-order valence-corrected chi connectivity index (χ1v) is 7.99. The second-order valence-corrected chi connectivity index (χ2v) is 5.82. The van der Waals surface area contributed by atoms with E-state index < -0.39 is 5.97 Å². The fourth-order valence-corrected chi connectivity index (χ4v) is 2.84. The third-order valence-corrected chi connectivity index (χ3v) is 3.86. The summed E-state index contributed by atoms with van der Waals surface area (Å²) in [6.07, 6.45) is 0. The van der Waals surface area contributed by atoms with E-state index in [1.165, 1.54) is 0 Å². The van der Waals surface area contributed by atoms with Crippen LogP contribution >= 0.6 is 23.2 Å². The molecule has 23 heavy (non-hydrogen) atoms. The molecule has 2 aromatic carbocycles. The van der Waals surface area contributed by atoms with Crippen molar-refractivity contribution in [2.24, 2.45) is 0 Å². The molecule has 0 saturated carbocycles. The van der Waals surface area contributed by atoms with Gasteiger partial charge in [-0.05, 0) is 24.6 Å². The van der Waals surface area contributed by atoms with Crippen LogP contribution in [-0.4, -0.2) is 12.6 Å². The average molecular weight is 354 g/mol. The van der Waals surface area contributed by atoms with E-state index in [0.717, 1.165) is 17.7 Å². The molecule has 122 valence electrons. The molecule has 4 nitrogen and oxygen atoms in total. The Kier molecular flexibility index (Phi) is 6.28. The summed E-state index contributed by atoms with van der Waals surface area (Å²) in [7, 11) is 0. The Morgan fingerprint density at radius 2 is 1.65 bits per heavy atom. The molecule has 0 heterocycles. The first kappa shape index (κ1) is 17.6. The van der Waals surface area contributed by atoms with E-state index >= 15 is 0 Å². The molecule has 0 aromatic heterocycles. The standard InChI is InChI=1S/C17H17Cl2NO3/c1-2-23-16-14(18)7-12(8-15(16)19)10-20-9-11-3-5-13(6-4-11)17(21)22/h3-8,20H,2,9-10H2,1H3,(H,21,22). The van der Waals surface area contributed by atoms with Gasteiger partial charge in [-0.3, -0.25) is 0 Å². The summed E-state index contributed by atoms with van der Waals surface area (Å²) in [6.45, 7) is 3.80. The summed E-state index contributed by atoms with van der Waals surface area (Å²) in [4.78, 5) is 10.7. The number of quaternary nitrogens is 1. The lowest BCUT2D eigenvalue weighted by atomic mass is 10.1. The Balaban J connectivity index is 1.94. The molecule has 0 unspecified atom stereocenters. The number of carboxylic acid groups (broad SMARTS) is 1. The predicted molar refractivity (Wildman–Crippen MR) is 87.7 cm³/mol. The summed E-state index contributed by atoms with van der Waals surface area (Å²) in [5.74, 6) is -0.656. The quantitative estimate of drug-likeness (QED) is 0.827. The molecule has 0 aliphatic rings. The molecule has 2 N–H and O–H groups in total. The van der Waals surface area contributed by atoms with Gasteiger partial charge in [-0.2, -0.15) is 0 Å². The van der Waals surface area contributed by atoms with Crippen LogP contribution in [0.15, 0.2) is 36.4 Å². The molecule has 6 heteroatoms. The molecule has 0 saturated heterocycles. The van der Waals surface area contributed by atoms with E-state index in [0.29, 0.717) is 28.9 Å². The van der Waals surface area contributed by atoms with Crippen molar-refractivity contribution in [3.05, 3.63) is 63.1 Å². The van der Waals surface area contributed by atoms with Gasteiger partial charge in [0.1, 0.15) is 13.1 Å². The van der Waals surface area contributed by atoms with Crippen molar-refractivity contribution < 1.29 is 20.0 Å². The first-order chi connectivity index (χ1) is 11.0. The van der Waals surface area contributed by atoms with E-state index in [-0.39, 0.29) is 5.56 Å². The monoisotopic (exact) mass is 353 g/mol. The van der Waals surface area contributed by atoms with Gasteiger partial charge in [0, 0.05) is 11.1 Å². The number of hydrogen-bond acceptors (Lipinski definition) is 3. The van der Waals surface area contributed by atoms with Crippen molar-refractivity contribution in [3.63, 3.8) is 0 Å². The van der Waals surface area contributed by atoms with E-state index in [1.54, 1.807) is 24.3 Å². The van der Waals surface area contributed by atoms with Crippen LogP contribution in [0, 0.1) is 0 Å². The van der Waals surface area contributed by atoms with E-state index in [1.807, 2.05) is 19.1 Å². The maximum atomic E-state index is 10.7. The van der Waals surface area contributed by atoms with Crippen LogP contribution < -0.4 is 15.2 Å². The van der Waals surface area contributed by atoms with Crippen molar-refractivity contribution in [2.75, 3.05) is 6.61 Å². The molecule has 0 aliphatic carbocycles. The summed E-state index contributed by atoms with van der Waals surface area (Å²) in [5, 5.41) is 13.8. The van der Waals surface area contributed by atoms with Crippen LogP contribution in [0.2, 0.25) is 10.0 Å². The largest absolute Gasteiger partial charge is 0.545 e. The lowest BCUT2D eigenvalue weighted by Gasteiger charge is -2.10. The van der Waals surface area contributed by atoms with Crippen LogP contribution in [0.3, 0.4) is 0 Å². The highest BCUT2D eigenvalue weighted by atomic mass is 35.5. The lowest BCUT2D eigenvalue weighted by Crippen LogP contribution is -2.80. The highest BCUT2D eigenvalue weighted by Gasteiger charge is 2.10. The van der Waals surface area contributed by atoms with Gasteiger partial charge in [0.2, 0.25) is 0 Å². The van der Waals surface area contributed by atoms with Gasteiger partial charge in [0.15, 0.2) is 5.75 Å². The van der Waals surface area contributed by atoms with E-state index in [4.69, 9.17) is 27.9 Å². The minimum atomic E-state index is -1.17. The zero-order valence-corrected chi connectivity index (χ0v) is 14.2. The second-order valence-electron chi connectivity index (χ2n) is 5.00. The van der Waals surface area contributed by atoms with Crippen LogP contribution in [0.4, 0.5) is 0 Å². The number of carboxylic acids is 1. The van der Waals surface area contributed by atoms with Crippen LogP contribution in [0.5, 0.6) is 5.75 Å². The molecule has 0 radical (unpaired) electrons. The topological polar surface area (TPSA) is 66.0 Å². The molecular formula is C17H17Cl2NO3. The Labute approximate surface area is 145 Å². The number of carbonyl (C=O) groups is 1. The highest BCUT2D eigenvalue weighted by molar-refractivity contribution is 6.37. The highest BCUT2D eigenvalue weighted by Crippen LogP contribution is 2.33. The van der Waals surface area contributed by atoms with Crippen LogP contribution in [0.1, 0.15) is 28.4 Å². The molecule has 2 rings (SSSR count). The van der Waals surface area contributed by atoms with Crippen molar-refractivity contribution in [3.8, 4) is 5.75 Å². The molecule has 0 aliphatic heterocycles. The molecular weight excluding hydrogens is 337 g/mol. The second kappa shape index (κ2) is 8.20. The van der Waals surface area contributed by atoms with Gasteiger partial charge >= 0.3 is 0 Å². The lowest BCUT2D eigenvalue weighted by molar-refractivity contribution is -0.686. The Bertz CT molecular complexity index is 664. The molecule has 0 spiro atoms. The minimum absolute atomic E-state index is 0.179. The smallest absolute Gasteiger partial charge is 0.156 e. The summed E-state index contributed by atoms with van der Waals surface area (Å²) < 4.78 is 5.40. The number of aromatic carboxylic acids is 1. The Hall–Kier alpha value is -1.75. The Morgan fingerprint density at radius 3 is 2.17 bits per heavy atom. The van der Waals surface area contributed by atoms with Gasteiger partial charge in [-0.15, -0.1) is 0 Å². The number of hydrogen-bond donors (Lipinski definition) is 1. The van der Waals surface area contributed by atoms with Crippen molar-refractivity contribution in [1.82, 2.24) is 0 Å². The number of carbonyl (C=O) groups excluding carboxylic acids is 1. The third kappa shape index (κ3) is 4.86. The maximum Gasteiger partial charge on any atom is 0.156 e. The average Bonchev–Trinajstić information content (AvgIpc) is 2.51. The molecule has 0 fully saturated rings. The molecule has 0 bridgehead atoms.